The Labute approximate surface area is 141 Å². The van der Waals surface area contributed by atoms with E-state index in [2.05, 4.69) is 16.5 Å². The maximum atomic E-state index is 12.9. The Morgan fingerprint density at radius 2 is 2.26 bits per heavy atom. The van der Waals surface area contributed by atoms with Gasteiger partial charge in [-0.15, -0.1) is 11.8 Å². The van der Waals surface area contributed by atoms with Crippen LogP contribution in [-0.4, -0.2) is 61.9 Å². The molecule has 3 heterocycles. The first-order chi connectivity index (χ1) is 11.1. The molecule has 6 nitrogen and oxygen atoms in total. The van der Waals surface area contributed by atoms with Crippen LogP contribution in [0.3, 0.4) is 0 Å². The second-order valence-electron chi connectivity index (χ2n) is 6.19. The number of aromatic nitrogens is 2. The standard InChI is InChI=1S/C16H24N4O2S/c1-3-15-17-6-8-19(15)13-5-4-7-18(9-13)16(22)14-10-23-11-20(14)12(2)21/h6,8,13-14H,3-5,7,9-11H2,1-2H3/t13-,14+/m1/s1. The molecular weight excluding hydrogens is 312 g/mol. The van der Waals surface area contributed by atoms with E-state index in [4.69, 9.17) is 0 Å². The van der Waals surface area contributed by atoms with E-state index in [0.29, 0.717) is 17.7 Å². The fraction of sp³-hybridized carbons (Fsp3) is 0.688. The smallest absolute Gasteiger partial charge is 0.246 e. The number of rotatable bonds is 3. The van der Waals surface area contributed by atoms with Gasteiger partial charge in [-0.05, 0) is 12.8 Å². The molecule has 1 aromatic rings. The Morgan fingerprint density at radius 1 is 1.43 bits per heavy atom. The third-order valence-corrected chi connectivity index (χ3v) is 5.75. The largest absolute Gasteiger partial charge is 0.339 e. The zero-order valence-electron chi connectivity index (χ0n) is 13.8. The number of carbonyl (C=O) groups is 2. The van der Waals surface area contributed by atoms with Crippen LogP contribution in [-0.2, 0) is 16.0 Å². The fourth-order valence-corrected chi connectivity index (χ4v) is 4.71. The molecule has 126 valence electrons. The van der Waals surface area contributed by atoms with Crippen molar-refractivity contribution in [1.29, 1.82) is 0 Å². The van der Waals surface area contributed by atoms with Crippen LogP contribution in [0.15, 0.2) is 12.4 Å². The molecule has 7 heteroatoms. The minimum atomic E-state index is -0.287. The zero-order chi connectivity index (χ0) is 16.4. The highest BCUT2D eigenvalue weighted by Gasteiger charge is 2.37. The highest BCUT2D eigenvalue weighted by molar-refractivity contribution is 7.99. The Balaban J connectivity index is 1.71. The normalized spacial score (nSPS) is 25.0. The molecule has 3 rings (SSSR count). The number of nitrogens with zero attached hydrogens (tertiary/aromatic N) is 4. The average molecular weight is 336 g/mol. The summed E-state index contributed by atoms with van der Waals surface area (Å²) in [5.41, 5.74) is 0. The van der Waals surface area contributed by atoms with E-state index in [9.17, 15) is 9.59 Å². The molecule has 0 N–H and O–H groups in total. The Morgan fingerprint density at radius 3 is 3.00 bits per heavy atom. The second kappa shape index (κ2) is 6.95. The molecule has 0 aliphatic carbocycles. The van der Waals surface area contributed by atoms with Crippen molar-refractivity contribution in [3.63, 3.8) is 0 Å². The van der Waals surface area contributed by atoms with E-state index in [0.717, 1.165) is 38.2 Å². The molecule has 0 saturated carbocycles. The average Bonchev–Trinajstić information content (AvgIpc) is 3.23. The summed E-state index contributed by atoms with van der Waals surface area (Å²) < 4.78 is 2.21. The molecule has 0 spiro atoms. The fourth-order valence-electron chi connectivity index (χ4n) is 3.50. The summed E-state index contributed by atoms with van der Waals surface area (Å²) >= 11 is 1.66. The van der Waals surface area contributed by atoms with Gasteiger partial charge in [0.15, 0.2) is 0 Å². The van der Waals surface area contributed by atoms with Crippen molar-refractivity contribution in [2.75, 3.05) is 24.7 Å². The van der Waals surface area contributed by atoms with Gasteiger partial charge in [0, 0.05) is 44.6 Å². The van der Waals surface area contributed by atoms with Crippen LogP contribution in [0.1, 0.15) is 38.6 Å². The number of carbonyl (C=O) groups excluding carboxylic acids is 2. The first-order valence-electron chi connectivity index (χ1n) is 8.27. The van der Waals surface area contributed by atoms with Gasteiger partial charge in [0.2, 0.25) is 11.8 Å². The number of hydrogen-bond donors (Lipinski definition) is 0. The first kappa shape index (κ1) is 16.4. The second-order valence-corrected chi connectivity index (χ2v) is 7.19. The molecule has 0 radical (unpaired) electrons. The van der Waals surface area contributed by atoms with E-state index in [1.54, 1.807) is 23.6 Å². The molecule has 2 saturated heterocycles. The van der Waals surface area contributed by atoms with Gasteiger partial charge in [0.25, 0.3) is 0 Å². The van der Waals surface area contributed by atoms with Crippen LogP contribution >= 0.6 is 11.8 Å². The van der Waals surface area contributed by atoms with E-state index < -0.39 is 0 Å². The van der Waals surface area contributed by atoms with Gasteiger partial charge in [-0.25, -0.2) is 4.98 Å². The monoisotopic (exact) mass is 336 g/mol. The van der Waals surface area contributed by atoms with Crippen LogP contribution in [0.5, 0.6) is 0 Å². The predicted molar refractivity (Wildman–Crippen MR) is 90.1 cm³/mol. The lowest BCUT2D eigenvalue weighted by molar-refractivity contribution is -0.143. The molecule has 1 aromatic heterocycles. The molecule has 2 aliphatic rings. The molecule has 2 fully saturated rings. The van der Waals surface area contributed by atoms with E-state index in [1.807, 2.05) is 17.3 Å². The number of amides is 2. The number of piperidine rings is 1. The topological polar surface area (TPSA) is 58.4 Å². The van der Waals surface area contributed by atoms with Crippen molar-refractivity contribution in [1.82, 2.24) is 19.4 Å². The molecule has 2 atom stereocenters. The highest BCUT2D eigenvalue weighted by atomic mass is 32.2. The zero-order valence-corrected chi connectivity index (χ0v) is 14.6. The SMILES string of the molecule is CCc1nccn1[C@@H]1CCCN(C(=O)[C@@H]2CSCN2C(C)=O)C1. The van der Waals surface area contributed by atoms with Gasteiger partial charge < -0.3 is 14.4 Å². The summed E-state index contributed by atoms with van der Waals surface area (Å²) in [7, 11) is 0. The van der Waals surface area contributed by atoms with Crippen molar-refractivity contribution in [2.45, 2.75) is 45.2 Å². The molecule has 0 bridgehead atoms. The van der Waals surface area contributed by atoms with Crippen molar-refractivity contribution in [3.05, 3.63) is 18.2 Å². The lowest BCUT2D eigenvalue weighted by Crippen LogP contribution is -2.51. The number of hydrogen-bond acceptors (Lipinski definition) is 4. The van der Waals surface area contributed by atoms with Crippen LogP contribution in [0.25, 0.3) is 0 Å². The Hall–Kier alpha value is -1.50. The highest BCUT2D eigenvalue weighted by Crippen LogP contribution is 2.27. The minimum Gasteiger partial charge on any atom is -0.339 e. The maximum absolute atomic E-state index is 12.9. The molecule has 0 unspecified atom stereocenters. The van der Waals surface area contributed by atoms with Gasteiger partial charge >= 0.3 is 0 Å². The quantitative estimate of drug-likeness (QED) is 0.840. The van der Waals surface area contributed by atoms with Crippen molar-refractivity contribution in [3.8, 4) is 0 Å². The summed E-state index contributed by atoms with van der Waals surface area (Å²) in [6, 6.07) is 0.00895. The molecule has 0 aromatic carbocycles. The first-order valence-corrected chi connectivity index (χ1v) is 9.42. The summed E-state index contributed by atoms with van der Waals surface area (Å²) in [5, 5.41) is 0. The third kappa shape index (κ3) is 3.24. The van der Waals surface area contributed by atoms with Gasteiger partial charge in [-0.2, -0.15) is 0 Å². The Bertz CT molecular complexity index is 588. The lowest BCUT2D eigenvalue weighted by Gasteiger charge is -2.36. The van der Waals surface area contributed by atoms with Crippen LogP contribution in [0.2, 0.25) is 0 Å². The van der Waals surface area contributed by atoms with Crippen molar-refractivity contribution in [2.24, 2.45) is 0 Å². The number of thioether (sulfide) groups is 1. The van der Waals surface area contributed by atoms with Gasteiger partial charge in [-0.1, -0.05) is 6.92 Å². The number of likely N-dealkylation sites (tertiary alicyclic amines) is 1. The molecule has 2 aliphatic heterocycles. The number of imidazole rings is 1. The van der Waals surface area contributed by atoms with Gasteiger partial charge in [0.1, 0.15) is 11.9 Å². The number of aryl methyl sites for hydroxylation is 1. The summed E-state index contributed by atoms with van der Waals surface area (Å²) in [6.07, 6.45) is 6.82. The van der Waals surface area contributed by atoms with Gasteiger partial charge in [0.05, 0.1) is 11.9 Å². The Kier molecular flexibility index (Phi) is 4.94. The van der Waals surface area contributed by atoms with Crippen LogP contribution < -0.4 is 0 Å². The molecule has 2 amide bonds. The maximum Gasteiger partial charge on any atom is 0.246 e. The summed E-state index contributed by atoms with van der Waals surface area (Å²) in [4.78, 5) is 32.6. The predicted octanol–water partition coefficient (Wildman–Crippen LogP) is 1.53. The van der Waals surface area contributed by atoms with E-state index in [-0.39, 0.29) is 17.9 Å². The summed E-state index contributed by atoms with van der Waals surface area (Å²) in [5.74, 6) is 2.51. The summed E-state index contributed by atoms with van der Waals surface area (Å²) in [6.45, 7) is 5.16. The van der Waals surface area contributed by atoms with E-state index >= 15 is 0 Å². The minimum absolute atomic E-state index is 0.00946. The van der Waals surface area contributed by atoms with Crippen LogP contribution in [0, 0.1) is 0 Å². The molecular formula is C16H24N4O2S. The van der Waals surface area contributed by atoms with Crippen molar-refractivity contribution < 1.29 is 9.59 Å². The van der Waals surface area contributed by atoms with Crippen molar-refractivity contribution >= 4 is 23.6 Å². The van der Waals surface area contributed by atoms with Gasteiger partial charge in [-0.3, -0.25) is 9.59 Å². The van der Waals surface area contributed by atoms with Crippen LogP contribution in [0.4, 0.5) is 0 Å². The molecule has 23 heavy (non-hydrogen) atoms. The lowest BCUT2D eigenvalue weighted by atomic mass is 10.0. The van der Waals surface area contributed by atoms with E-state index in [1.165, 1.54) is 0 Å². The third-order valence-electron chi connectivity index (χ3n) is 4.74.